The molecular weight excluding hydrogens is 268 g/mol. The van der Waals surface area contributed by atoms with Crippen LogP contribution in [0, 0.1) is 5.41 Å². The van der Waals surface area contributed by atoms with Gasteiger partial charge in [-0.15, -0.1) is 0 Å². The van der Waals surface area contributed by atoms with E-state index in [1.807, 2.05) is 0 Å². The first-order valence-electron chi connectivity index (χ1n) is 8.27. The molecule has 1 saturated carbocycles. The molecular formula is C16H28N2O3. The maximum atomic E-state index is 12.9. The predicted molar refractivity (Wildman–Crippen MR) is 81.0 cm³/mol. The molecule has 2 fully saturated rings. The van der Waals surface area contributed by atoms with Crippen molar-refractivity contribution in [3.63, 3.8) is 0 Å². The summed E-state index contributed by atoms with van der Waals surface area (Å²) in [5, 5.41) is 15.7. The van der Waals surface area contributed by atoms with E-state index in [2.05, 4.69) is 17.6 Å². The van der Waals surface area contributed by atoms with Crippen LogP contribution in [0.25, 0.3) is 0 Å². The SMILES string of the molecule is CCC1(C(=O)NC2(CC(=O)O)CCCCC2)CCNCC1. The highest BCUT2D eigenvalue weighted by Gasteiger charge is 2.43. The molecule has 1 aliphatic carbocycles. The van der Waals surface area contributed by atoms with E-state index in [1.165, 1.54) is 0 Å². The molecule has 3 N–H and O–H groups in total. The lowest BCUT2D eigenvalue weighted by atomic mass is 9.73. The number of piperidine rings is 1. The van der Waals surface area contributed by atoms with Crippen LogP contribution in [-0.4, -0.2) is 35.6 Å². The smallest absolute Gasteiger partial charge is 0.305 e. The molecule has 0 atom stereocenters. The first-order valence-corrected chi connectivity index (χ1v) is 8.27. The van der Waals surface area contributed by atoms with Gasteiger partial charge in [0.2, 0.25) is 5.91 Å². The number of amides is 1. The molecule has 0 aromatic heterocycles. The van der Waals surface area contributed by atoms with E-state index < -0.39 is 11.5 Å². The Morgan fingerprint density at radius 1 is 1.10 bits per heavy atom. The molecule has 0 spiro atoms. The molecule has 2 aliphatic rings. The van der Waals surface area contributed by atoms with Crippen molar-refractivity contribution in [1.29, 1.82) is 0 Å². The minimum Gasteiger partial charge on any atom is -0.481 e. The summed E-state index contributed by atoms with van der Waals surface area (Å²) >= 11 is 0. The number of carboxylic acids is 1. The molecule has 0 unspecified atom stereocenters. The standard InChI is InChI=1S/C16H28N2O3/c1-2-15(8-10-17-11-9-15)14(21)18-16(12-13(19)20)6-4-3-5-7-16/h17H,2-12H2,1H3,(H,18,21)(H,19,20). The van der Waals surface area contributed by atoms with Gasteiger partial charge in [-0.1, -0.05) is 26.2 Å². The first kappa shape index (κ1) is 16.3. The maximum absolute atomic E-state index is 12.9. The fourth-order valence-corrected chi connectivity index (χ4v) is 3.88. The second-order valence-corrected chi connectivity index (χ2v) is 6.75. The Bertz CT molecular complexity index is 383. The van der Waals surface area contributed by atoms with Crippen LogP contribution in [0.15, 0.2) is 0 Å². The molecule has 0 aromatic carbocycles. The van der Waals surface area contributed by atoms with Crippen molar-refractivity contribution < 1.29 is 14.7 Å². The van der Waals surface area contributed by atoms with Crippen molar-refractivity contribution in [2.24, 2.45) is 5.41 Å². The summed E-state index contributed by atoms with van der Waals surface area (Å²) in [6.07, 6.45) is 7.31. The van der Waals surface area contributed by atoms with E-state index in [-0.39, 0.29) is 17.7 Å². The van der Waals surface area contributed by atoms with Crippen LogP contribution in [0.2, 0.25) is 0 Å². The van der Waals surface area contributed by atoms with Gasteiger partial charge in [-0.25, -0.2) is 0 Å². The summed E-state index contributed by atoms with van der Waals surface area (Å²) in [6.45, 7) is 3.80. The number of rotatable bonds is 5. The van der Waals surface area contributed by atoms with Gasteiger partial charge < -0.3 is 15.7 Å². The van der Waals surface area contributed by atoms with E-state index in [9.17, 15) is 14.7 Å². The van der Waals surface area contributed by atoms with Gasteiger partial charge in [0.15, 0.2) is 0 Å². The van der Waals surface area contributed by atoms with Gasteiger partial charge in [0, 0.05) is 0 Å². The van der Waals surface area contributed by atoms with Crippen molar-refractivity contribution >= 4 is 11.9 Å². The highest BCUT2D eigenvalue weighted by atomic mass is 16.4. The van der Waals surface area contributed by atoms with Crippen molar-refractivity contribution in [1.82, 2.24) is 10.6 Å². The molecule has 1 aliphatic heterocycles. The Morgan fingerprint density at radius 3 is 2.24 bits per heavy atom. The third-order valence-electron chi connectivity index (χ3n) is 5.40. The zero-order valence-electron chi connectivity index (χ0n) is 13.0. The van der Waals surface area contributed by atoms with Gasteiger partial charge in [-0.3, -0.25) is 9.59 Å². The van der Waals surface area contributed by atoms with Crippen LogP contribution >= 0.6 is 0 Å². The molecule has 0 aromatic rings. The minimum atomic E-state index is -0.812. The zero-order chi connectivity index (χ0) is 15.3. The average molecular weight is 296 g/mol. The Balaban J connectivity index is 2.11. The topological polar surface area (TPSA) is 78.4 Å². The van der Waals surface area contributed by atoms with E-state index >= 15 is 0 Å². The van der Waals surface area contributed by atoms with Crippen molar-refractivity contribution in [2.75, 3.05) is 13.1 Å². The molecule has 2 rings (SSSR count). The van der Waals surface area contributed by atoms with Gasteiger partial charge in [0.25, 0.3) is 0 Å². The highest BCUT2D eigenvalue weighted by molar-refractivity contribution is 5.84. The van der Waals surface area contributed by atoms with Crippen LogP contribution in [0.3, 0.4) is 0 Å². The van der Waals surface area contributed by atoms with Gasteiger partial charge >= 0.3 is 5.97 Å². The fraction of sp³-hybridized carbons (Fsp3) is 0.875. The molecule has 1 heterocycles. The monoisotopic (exact) mass is 296 g/mol. The summed E-state index contributed by atoms with van der Waals surface area (Å²) in [5.41, 5.74) is -0.831. The zero-order valence-corrected chi connectivity index (χ0v) is 13.0. The van der Waals surface area contributed by atoms with Crippen molar-refractivity contribution in [3.05, 3.63) is 0 Å². The number of hydrogen-bond donors (Lipinski definition) is 3. The normalized spacial score (nSPS) is 24.2. The van der Waals surface area contributed by atoms with E-state index in [1.54, 1.807) is 0 Å². The lowest BCUT2D eigenvalue weighted by molar-refractivity contribution is -0.141. The predicted octanol–water partition coefficient (Wildman–Crippen LogP) is 2.06. The van der Waals surface area contributed by atoms with Crippen LogP contribution in [0.4, 0.5) is 0 Å². The van der Waals surface area contributed by atoms with Gasteiger partial charge in [0.05, 0.1) is 17.4 Å². The summed E-state index contributed by atoms with van der Waals surface area (Å²) in [6, 6.07) is 0. The average Bonchev–Trinajstić information content (AvgIpc) is 2.47. The number of aliphatic carboxylic acids is 1. The lowest BCUT2D eigenvalue weighted by Crippen LogP contribution is -2.57. The molecule has 5 heteroatoms. The number of carbonyl (C=O) groups excluding carboxylic acids is 1. The van der Waals surface area contributed by atoms with Crippen molar-refractivity contribution in [3.8, 4) is 0 Å². The third kappa shape index (κ3) is 3.76. The molecule has 120 valence electrons. The van der Waals surface area contributed by atoms with Crippen LogP contribution in [0.5, 0.6) is 0 Å². The molecule has 21 heavy (non-hydrogen) atoms. The summed E-state index contributed by atoms with van der Waals surface area (Å²) < 4.78 is 0. The minimum absolute atomic E-state index is 0.0524. The largest absolute Gasteiger partial charge is 0.481 e. The second kappa shape index (κ2) is 6.77. The fourth-order valence-electron chi connectivity index (χ4n) is 3.88. The quantitative estimate of drug-likeness (QED) is 0.725. The van der Waals surface area contributed by atoms with E-state index in [0.29, 0.717) is 0 Å². The summed E-state index contributed by atoms with van der Waals surface area (Å²) in [4.78, 5) is 24.1. The number of carbonyl (C=O) groups is 2. The van der Waals surface area contributed by atoms with Crippen LogP contribution in [-0.2, 0) is 9.59 Å². The van der Waals surface area contributed by atoms with Gasteiger partial charge in [-0.05, 0) is 45.2 Å². The van der Waals surface area contributed by atoms with Crippen molar-refractivity contribution in [2.45, 2.75) is 70.3 Å². The van der Waals surface area contributed by atoms with Gasteiger partial charge in [-0.2, -0.15) is 0 Å². The number of nitrogens with one attached hydrogen (secondary N) is 2. The van der Waals surface area contributed by atoms with E-state index in [4.69, 9.17) is 0 Å². The van der Waals surface area contributed by atoms with Gasteiger partial charge in [0.1, 0.15) is 0 Å². The Hall–Kier alpha value is -1.10. The third-order valence-corrected chi connectivity index (χ3v) is 5.40. The molecule has 0 radical (unpaired) electrons. The summed E-state index contributed by atoms with van der Waals surface area (Å²) in [5.74, 6) is -0.734. The highest BCUT2D eigenvalue weighted by Crippen LogP contribution is 2.36. The second-order valence-electron chi connectivity index (χ2n) is 6.75. The number of hydrogen-bond acceptors (Lipinski definition) is 3. The summed E-state index contributed by atoms with van der Waals surface area (Å²) in [7, 11) is 0. The number of carboxylic acid groups (broad SMARTS) is 1. The maximum Gasteiger partial charge on any atom is 0.305 e. The Labute approximate surface area is 126 Å². The van der Waals surface area contributed by atoms with E-state index in [0.717, 1.165) is 64.5 Å². The van der Waals surface area contributed by atoms with Crippen LogP contribution < -0.4 is 10.6 Å². The Kier molecular flexibility index (Phi) is 5.25. The molecule has 0 bridgehead atoms. The molecule has 1 amide bonds. The Morgan fingerprint density at radius 2 is 1.71 bits per heavy atom. The molecule has 1 saturated heterocycles. The lowest BCUT2D eigenvalue weighted by Gasteiger charge is -2.42. The molecule has 5 nitrogen and oxygen atoms in total. The van der Waals surface area contributed by atoms with Crippen LogP contribution in [0.1, 0.15) is 64.7 Å². The first-order chi connectivity index (χ1) is 10.0.